The van der Waals surface area contributed by atoms with Crippen molar-refractivity contribution in [2.75, 3.05) is 14.1 Å². The van der Waals surface area contributed by atoms with Gasteiger partial charge in [0.1, 0.15) is 0 Å². The zero-order chi connectivity index (χ0) is 13.9. The first-order valence-electron chi connectivity index (χ1n) is 6.62. The van der Waals surface area contributed by atoms with Gasteiger partial charge in [-0.15, -0.1) is 0 Å². The van der Waals surface area contributed by atoms with Gasteiger partial charge in [0.2, 0.25) is 0 Å². The predicted molar refractivity (Wildman–Crippen MR) is 79.8 cm³/mol. The lowest BCUT2D eigenvalue weighted by molar-refractivity contribution is -0.119. The number of rotatable bonds is 6. The maximum Gasteiger partial charge on any atom is 0.0904 e. The second-order valence-electron chi connectivity index (χ2n) is 6.42. The first kappa shape index (κ1) is 17.3. The van der Waals surface area contributed by atoms with Crippen LogP contribution in [0.15, 0.2) is 0 Å². The van der Waals surface area contributed by atoms with E-state index in [4.69, 9.17) is 17.4 Å². The first-order valence-corrected chi connectivity index (χ1v) is 7.07. The van der Waals surface area contributed by atoms with E-state index < -0.39 is 0 Å². The van der Waals surface area contributed by atoms with Gasteiger partial charge >= 0.3 is 0 Å². The summed E-state index contributed by atoms with van der Waals surface area (Å²) in [4.78, 5) is 1.99. The molecule has 3 heteroatoms. The molecule has 0 saturated carbocycles. The fraction of sp³-hybridized carbons (Fsp3) is 1.00. The van der Waals surface area contributed by atoms with Crippen LogP contribution in [-0.4, -0.2) is 35.6 Å². The lowest BCUT2D eigenvalue weighted by Gasteiger charge is -2.46. The van der Waals surface area contributed by atoms with E-state index >= 15 is 0 Å². The van der Waals surface area contributed by atoms with Crippen molar-refractivity contribution in [3.63, 3.8) is 0 Å². The van der Waals surface area contributed by atoms with E-state index in [0.717, 1.165) is 12.8 Å². The van der Waals surface area contributed by atoms with Gasteiger partial charge in [0.25, 0.3) is 0 Å². The van der Waals surface area contributed by atoms with Crippen molar-refractivity contribution in [1.82, 2.24) is 4.90 Å². The van der Waals surface area contributed by atoms with E-state index in [-0.39, 0.29) is 16.6 Å². The zero-order valence-corrected chi connectivity index (χ0v) is 13.8. The minimum Gasteiger partial charge on any atom is -0.370 e. The molecule has 17 heavy (non-hydrogen) atoms. The van der Waals surface area contributed by atoms with Crippen molar-refractivity contribution in [2.24, 2.45) is 5.92 Å². The maximum absolute atomic E-state index is 6.26. The molecular formula is C14H31NOS. The summed E-state index contributed by atoms with van der Waals surface area (Å²) in [5, 5.41) is 0. The van der Waals surface area contributed by atoms with Crippen molar-refractivity contribution in [2.45, 2.75) is 71.0 Å². The third-order valence-corrected chi connectivity index (χ3v) is 3.81. The van der Waals surface area contributed by atoms with E-state index in [0.29, 0.717) is 5.92 Å². The van der Waals surface area contributed by atoms with Crippen LogP contribution in [0.1, 0.15) is 54.4 Å². The largest absolute Gasteiger partial charge is 0.370 e. The van der Waals surface area contributed by atoms with Crippen molar-refractivity contribution in [3.05, 3.63) is 0 Å². The van der Waals surface area contributed by atoms with Gasteiger partial charge in [0.05, 0.1) is 16.6 Å². The highest BCUT2D eigenvalue weighted by atomic mass is 32.1. The van der Waals surface area contributed by atoms with Crippen LogP contribution in [0.4, 0.5) is 0 Å². The van der Waals surface area contributed by atoms with Crippen LogP contribution < -0.4 is 0 Å². The van der Waals surface area contributed by atoms with Crippen molar-refractivity contribution >= 4 is 12.6 Å². The third kappa shape index (κ3) is 5.19. The Bertz CT molecular complexity index is 223. The Labute approximate surface area is 114 Å². The molecule has 0 N–H and O–H groups in total. The molecule has 104 valence electrons. The van der Waals surface area contributed by atoms with E-state index in [1.165, 1.54) is 0 Å². The Balaban J connectivity index is 5.11. The number of nitrogens with zero attached hydrogens (tertiary/aromatic N) is 1. The average molecular weight is 261 g/mol. The molecule has 0 aromatic carbocycles. The van der Waals surface area contributed by atoms with Crippen LogP contribution in [-0.2, 0) is 4.74 Å². The average Bonchev–Trinajstić information content (AvgIpc) is 2.12. The number of hydrogen-bond donors (Lipinski definition) is 1. The number of hydrogen-bond acceptors (Lipinski definition) is 3. The molecule has 0 bridgehead atoms. The molecule has 0 aliphatic rings. The Morgan fingerprint density at radius 3 is 1.88 bits per heavy atom. The standard InChI is InChI=1S/C14H31NOS/c1-9-10-14(17,15(7)8)12(11(2)3)16-13(4,5)6/h11-12,17H,9-10H2,1-8H3. The minimum atomic E-state index is -0.198. The Kier molecular flexibility index (Phi) is 6.54. The molecule has 0 fully saturated rings. The molecule has 0 aromatic rings. The van der Waals surface area contributed by atoms with Crippen molar-refractivity contribution < 1.29 is 4.74 Å². The summed E-state index contributed by atoms with van der Waals surface area (Å²) in [5.41, 5.74) is -0.132. The SMILES string of the molecule is CCCC(S)(C(OC(C)(C)C)C(C)C)N(C)C. The van der Waals surface area contributed by atoms with Crippen LogP contribution in [0.3, 0.4) is 0 Å². The molecule has 2 nitrogen and oxygen atoms in total. The molecular weight excluding hydrogens is 230 g/mol. The lowest BCUT2D eigenvalue weighted by atomic mass is 9.93. The molecule has 0 aliphatic heterocycles. The number of ether oxygens (including phenoxy) is 1. The molecule has 0 amide bonds. The Morgan fingerprint density at radius 2 is 1.65 bits per heavy atom. The molecule has 0 rings (SSSR count). The van der Waals surface area contributed by atoms with E-state index in [1.54, 1.807) is 0 Å². The van der Waals surface area contributed by atoms with Gasteiger partial charge in [-0.2, -0.15) is 12.6 Å². The number of likely N-dealkylation sites (N-methyl/N-ethyl adjacent to an activating group) is 1. The van der Waals surface area contributed by atoms with Crippen LogP contribution in [0.25, 0.3) is 0 Å². The topological polar surface area (TPSA) is 12.5 Å². The van der Waals surface area contributed by atoms with E-state index in [9.17, 15) is 0 Å². The third-order valence-electron chi connectivity index (χ3n) is 2.93. The second kappa shape index (κ2) is 6.44. The van der Waals surface area contributed by atoms with Crippen LogP contribution in [0.5, 0.6) is 0 Å². The van der Waals surface area contributed by atoms with Gasteiger partial charge in [0.15, 0.2) is 0 Å². The second-order valence-corrected chi connectivity index (χ2v) is 7.19. The minimum absolute atomic E-state index is 0.126. The van der Waals surface area contributed by atoms with Gasteiger partial charge in [-0.1, -0.05) is 27.2 Å². The molecule has 0 spiro atoms. The Morgan fingerprint density at radius 1 is 1.18 bits per heavy atom. The van der Waals surface area contributed by atoms with Gasteiger partial charge in [-0.25, -0.2) is 0 Å². The summed E-state index contributed by atoms with van der Waals surface area (Å²) in [6, 6.07) is 0. The monoisotopic (exact) mass is 261 g/mol. The van der Waals surface area contributed by atoms with Crippen molar-refractivity contribution in [1.29, 1.82) is 0 Å². The highest BCUT2D eigenvalue weighted by Gasteiger charge is 2.41. The molecule has 0 radical (unpaired) electrons. The Hall–Kier alpha value is 0.270. The molecule has 0 heterocycles. The number of thiol groups is 1. The highest BCUT2D eigenvalue weighted by Crippen LogP contribution is 2.36. The summed E-state index contributed by atoms with van der Waals surface area (Å²) < 4.78 is 6.26. The van der Waals surface area contributed by atoms with Crippen molar-refractivity contribution in [3.8, 4) is 0 Å². The fourth-order valence-corrected chi connectivity index (χ4v) is 2.71. The highest BCUT2D eigenvalue weighted by molar-refractivity contribution is 7.81. The van der Waals surface area contributed by atoms with E-state index in [1.807, 2.05) is 0 Å². The quantitative estimate of drug-likeness (QED) is 0.576. The normalized spacial score (nSPS) is 18.5. The van der Waals surface area contributed by atoms with Crippen LogP contribution >= 0.6 is 12.6 Å². The molecule has 0 aliphatic carbocycles. The molecule has 2 atom stereocenters. The summed E-state index contributed by atoms with van der Waals surface area (Å²) in [6.45, 7) is 12.9. The van der Waals surface area contributed by atoms with Crippen LogP contribution in [0, 0.1) is 5.92 Å². The lowest BCUT2D eigenvalue weighted by Crippen LogP contribution is -2.54. The molecule has 2 unspecified atom stereocenters. The van der Waals surface area contributed by atoms with Gasteiger partial charge in [-0.05, 0) is 47.2 Å². The maximum atomic E-state index is 6.26. The van der Waals surface area contributed by atoms with Gasteiger partial charge in [-0.3, -0.25) is 4.90 Å². The summed E-state index contributed by atoms with van der Waals surface area (Å²) in [5.74, 6) is 0.445. The zero-order valence-electron chi connectivity index (χ0n) is 12.9. The van der Waals surface area contributed by atoms with Gasteiger partial charge in [0, 0.05) is 0 Å². The van der Waals surface area contributed by atoms with Crippen LogP contribution in [0.2, 0.25) is 0 Å². The summed E-state index contributed by atoms with van der Waals surface area (Å²) in [6.07, 6.45) is 2.27. The fourth-order valence-electron chi connectivity index (χ4n) is 2.13. The summed E-state index contributed by atoms with van der Waals surface area (Å²) >= 11 is 4.94. The molecule has 0 saturated heterocycles. The molecule has 0 aromatic heterocycles. The van der Waals surface area contributed by atoms with E-state index in [2.05, 4.69) is 60.5 Å². The summed E-state index contributed by atoms with van der Waals surface area (Å²) in [7, 11) is 4.17. The predicted octanol–water partition coefficient (Wildman–Crippen LogP) is 3.81. The smallest absolute Gasteiger partial charge is 0.0904 e. The first-order chi connectivity index (χ1) is 7.54. The van der Waals surface area contributed by atoms with Gasteiger partial charge < -0.3 is 4.74 Å².